The van der Waals surface area contributed by atoms with Crippen LogP contribution in [0.3, 0.4) is 0 Å². The maximum atomic E-state index is 13.2. The summed E-state index contributed by atoms with van der Waals surface area (Å²) in [4.78, 5) is 18.9. The fourth-order valence-corrected chi connectivity index (χ4v) is 6.18. The van der Waals surface area contributed by atoms with E-state index < -0.39 is 0 Å². The zero-order valence-electron chi connectivity index (χ0n) is 20.8. The smallest absolute Gasteiger partial charge is 0.252 e. The fraction of sp³-hybridized carbons (Fsp3) is 0.630. The Bertz CT molecular complexity index is 1170. The number of tetrazole rings is 1. The molecule has 2 saturated carbocycles. The predicted octanol–water partition coefficient (Wildman–Crippen LogP) is 5.47. The number of rotatable bonds is 7. The molecule has 182 valence electrons. The lowest BCUT2D eigenvalue weighted by molar-refractivity contribution is 0.0598. The largest absolute Gasteiger partial charge is 0.322 e. The Morgan fingerprint density at radius 2 is 1.79 bits per heavy atom. The van der Waals surface area contributed by atoms with E-state index in [2.05, 4.69) is 69.1 Å². The van der Waals surface area contributed by atoms with Crippen LogP contribution in [0.5, 0.6) is 0 Å². The average Bonchev–Trinajstić information content (AvgIpc) is 3.51. The number of hydrogen-bond donors (Lipinski definition) is 1. The molecule has 2 aliphatic carbocycles. The van der Waals surface area contributed by atoms with Gasteiger partial charge >= 0.3 is 0 Å². The number of aryl methyl sites for hydroxylation is 1. The molecule has 0 spiro atoms. The van der Waals surface area contributed by atoms with Crippen molar-refractivity contribution in [2.24, 2.45) is 5.92 Å². The molecule has 5 rings (SSSR count). The standard InChI is InChI=1S/C27H38N6O/c1-18(2)25(26-29-30-31-33(26)23-11-7-8-12-23)32(22-9-5-4-6-10-22)17-21-16-20-14-13-19(3)15-24(20)28-27(21)34/h13-16,18,22-23,25H,4-12,17H2,1-3H3,(H,28,34)/t25-/m0/s1. The van der Waals surface area contributed by atoms with Crippen LogP contribution in [0.15, 0.2) is 29.1 Å². The summed E-state index contributed by atoms with van der Waals surface area (Å²) in [7, 11) is 0. The molecular weight excluding hydrogens is 424 g/mol. The van der Waals surface area contributed by atoms with E-state index in [0.29, 0.717) is 24.5 Å². The van der Waals surface area contributed by atoms with Crippen molar-refractivity contribution in [1.29, 1.82) is 0 Å². The first kappa shape index (κ1) is 23.2. The molecule has 34 heavy (non-hydrogen) atoms. The van der Waals surface area contributed by atoms with Gasteiger partial charge in [0.05, 0.1) is 12.1 Å². The molecule has 1 N–H and O–H groups in total. The van der Waals surface area contributed by atoms with E-state index >= 15 is 0 Å². The van der Waals surface area contributed by atoms with Gasteiger partial charge in [-0.2, -0.15) is 0 Å². The van der Waals surface area contributed by atoms with Gasteiger partial charge in [0.1, 0.15) is 0 Å². The lowest BCUT2D eigenvalue weighted by Crippen LogP contribution is -2.43. The monoisotopic (exact) mass is 462 g/mol. The average molecular weight is 463 g/mol. The van der Waals surface area contributed by atoms with Gasteiger partial charge in [-0.05, 0) is 72.0 Å². The van der Waals surface area contributed by atoms with Crippen molar-refractivity contribution in [1.82, 2.24) is 30.1 Å². The zero-order chi connectivity index (χ0) is 23.7. The fourth-order valence-electron chi connectivity index (χ4n) is 6.18. The molecular formula is C27H38N6O. The number of H-pyrrole nitrogens is 1. The highest BCUT2D eigenvalue weighted by Crippen LogP contribution is 2.38. The van der Waals surface area contributed by atoms with Crippen LogP contribution < -0.4 is 5.56 Å². The summed E-state index contributed by atoms with van der Waals surface area (Å²) in [5.41, 5.74) is 2.89. The third-order valence-electron chi connectivity index (χ3n) is 7.92. The van der Waals surface area contributed by atoms with Crippen molar-refractivity contribution in [3.63, 3.8) is 0 Å². The van der Waals surface area contributed by atoms with Crippen molar-refractivity contribution in [3.05, 3.63) is 51.6 Å². The number of aromatic amines is 1. The lowest BCUT2D eigenvalue weighted by Gasteiger charge is -2.41. The highest BCUT2D eigenvalue weighted by atomic mass is 16.1. The molecule has 0 radical (unpaired) electrons. The van der Waals surface area contributed by atoms with Crippen molar-refractivity contribution in [3.8, 4) is 0 Å². The molecule has 0 aliphatic heterocycles. The van der Waals surface area contributed by atoms with Crippen LogP contribution in [-0.4, -0.2) is 36.1 Å². The Hall–Kier alpha value is -2.54. The molecule has 7 nitrogen and oxygen atoms in total. The minimum atomic E-state index is 0.0109. The Morgan fingerprint density at radius 3 is 2.53 bits per heavy atom. The highest BCUT2D eigenvalue weighted by Gasteiger charge is 2.36. The predicted molar refractivity (Wildman–Crippen MR) is 135 cm³/mol. The quantitative estimate of drug-likeness (QED) is 0.504. The van der Waals surface area contributed by atoms with E-state index in [9.17, 15) is 4.79 Å². The number of aromatic nitrogens is 5. The molecule has 2 aromatic heterocycles. The van der Waals surface area contributed by atoms with E-state index in [4.69, 9.17) is 0 Å². The molecule has 3 aromatic rings. The SMILES string of the molecule is Cc1ccc2cc(CN(C3CCCCC3)[C@H](c3nnnn3C3CCCC3)C(C)C)c(=O)[nH]c2c1. The van der Waals surface area contributed by atoms with Gasteiger partial charge in [0.15, 0.2) is 5.82 Å². The van der Waals surface area contributed by atoms with E-state index in [1.54, 1.807) is 0 Å². The molecule has 1 atom stereocenters. The zero-order valence-corrected chi connectivity index (χ0v) is 20.8. The van der Waals surface area contributed by atoms with Crippen molar-refractivity contribution in [2.75, 3.05) is 0 Å². The Morgan fingerprint density at radius 1 is 1.06 bits per heavy atom. The molecule has 2 aliphatic rings. The summed E-state index contributed by atoms with van der Waals surface area (Å²) in [5, 5.41) is 14.3. The Balaban J connectivity index is 1.55. The minimum Gasteiger partial charge on any atom is -0.322 e. The van der Waals surface area contributed by atoms with Gasteiger partial charge in [-0.25, -0.2) is 4.68 Å². The van der Waals surface area contributed by atoms with Crippen LogP contribution >= 0.6 is 0 Å². The number of nitrogens with zero attached hydrogens (tertiary/aromatic N) is 5. The van der Waals surface area contributed by atoms with Gasteiger partial charge in [-0.1, -0.05) is 58.1 Å². The number of pyridine rings is 1. The van der Waals surface area contributed by atoms with Gasteiger partial charge in [0.2, 0.25) is 0 Å². The van der Waals surface area contributed by atoms with E-state index in [-0.39, 0.29) is 11.6 Å². The highest BCUT2D eigenvalue weighted by molar-refractivity contribution is 5.79. The second kappa shape index (κ2) is 9.98. The first-order valence-corrected chi connectivity index (χ1v) is 13.2. The minimum absolute atomic E-state index is 0.0109. The molecule has 2 heterocycles. The van der Waals surface area contributed by atoms with E-state index in [1.807, 2.05) is 6.07 Å². The van der Waals surface area contributed by atoms with Crippen LogP contribution in [0.1, 0.15) is 101 Å². The topological polar surface area (TPSA) is 79.7 Å². The van der Waals surface area contributed by atoms with Gasteiger partial charge in [-0.15, -0.1) is 5.10 Å². The van der Waals surface area contributed by atoms with Crippen LogP contribution in [0.25, 0.3) is 10.9 Å². The maximum absolute atomic E-state index is 13.2. The van der Waals surface area contributed by atoms with Crippen LogP contribution in [0, 0.1) is 12.8 Å². The third kappa shape index (κ3) is 4.67. The normalized spacial score (nSPS) is 19.0. The van der Waals surface area contributed by atoms with Crippen molar-refractivity contribution < 1.29 is 0 Å². The molecule has 2 fully saturated rings. The first-order valence-electron chi connectivity index (χ1n) is 13.2. The number of hydrogen-bond acceptors (Lipinski definition) is 5. The van der Waals surface area contributed by atoms with E-state index in [0.717, 1.165) is 40.7 Å². The molecule has 7 heteroatoms. The summed E-state index contributed by atoms with van der Waals surface area (Å²) in [6, 6.07) is 9.25. The van der Waals surface area contributed by atoms with Crippen molar-refractivity contribution >= 4 is 10.9 Å². The van der Waals surface area contributed by atoms with Crippen LogP contribution in [-0.2, 0) is 6.54 Å². The second-order valence-corrected chi connectivity index (χ2v) is 10.8. The van der Waals surface area contributed by atoms with E-state index in [1.165, 1.54) is 44.9 Å². The summed E-state index contributed by atoms with van der Waals surface area (Å²) in [5.74, 6) is 1.30. The van der Waals surface area contributed by atoms with Crippen LogP contribution in [0.4, 0.5) is 0 Å². The first-order chi connectivity index (χ1) is 16.5. The third-order valence-corrected chi connectivity index (χ3v) is 7.92. The summed E-state index contributed by atoms with van der Waals surface area (Å²) < 4.78 is 2.11. The molecule has 1 aromatic carbocycles. The Kier molecular flexibility index (Phi) is 6.82. The van der Waals surface area contributed by atoms with Gasteiger partial charge in [0, 0.05) is 23.7 Å². The number of fused-ring (bicyclic) bond motifs is 1. The molecule has 0 bridgehead atoms. The Labute approximate surface area is 201 Å². The summed E-state index contributed by atoms with van der Waals surface area (Å²) in [6.07, 6.45) is 10.9. The van der Waals surface area contributed by atoms with Crippen LogP contribution in [0.2, 0.25) is 0 Å². The maximum Gasteiger partial charge on any atom is 0.252 e. The second-order valence-electron chi connectivity index (χ2n) is 10.8. The number of benzene rings is 1. The van der Waals surface area contributed by atoms with Gasteiger partial charge < -0.3 is 4.98 Å². The number of nitrogens with one attached hydrogen (secondary N) is 1. The molecule has 0 saturated heterocycles. The van der Waals surface area contributed by atoms with Gasteiger partial charge in [0.25, 0.3) is 5.56 Å². The lowest BCUT2D eigenvalue weighted by atomic mass is 9.90. The summed E-state index contributed by atoms with van der Waals surface area (Å²) >= 11 is 0. The molecule has 0 amide bonds. The summed E-state index contributed by atoms with van der Waals surface area (Å²) in [6.45, 7) is 7.20. The van der Waals surface area contributed by atoms with Crippen molar-refractivity contribution in [2.45, 2.75) is 103 Å². The van der Waals surface area contributed by atoms with Gasteiger partial charge in [-0.3, -0.25) is 9.69 Å². The molecule has 0 unspecified atom stereocenters.